The highest BCUT2D eigenvalue weighted by molar-refractivity contribution is 5.41. The van der Waals surface area contributed by atoms with Gasteiger partial charge in [0.25, 0.3) is 0 Å². The summed E-state index contributed by atoms with van der Waals surface area (Å²) in [5, 5.41) is 9.97. The number of hydrogen-bond acceptors (Lipinski definition) is 2. The van der Waals surface area contributed by atoms with Crippen LogP contribution in [0, 0.1) is 0 Å². The Labute approximate surface area is 107 Å². The minimum absolute atomic E-state index is 0.385. The molecule has 18 heavy (non-hydrogen) atoms. The first kappa shape index (κ1) is 11.3. The van der Waals surface area contributed by atoms with E-state index in [2.05, 4.69) is 24.3 Å². The van der Waals surface area contributed by atoms with Crippen molar-refractivity contribution in [3.05, 3.63) is 65.2 Å². The minimum atomic E-state index is -0.385. The summed E-state index contributed by atoms with van der Waals surface area (Å²) in [7, 11) is 0. The van der Waals surface area contributed by atoms with Crippen LogP contribution in [0.2, 0.25) is 0 Å². The van der Waals surface area contributed by atoms with Gasteiger partial charge in [-0.2, -0.15) is 0 Å². The first-order chi connectivity index (χ1) is 8.83. The number of fused-ring (bicyclic) bond motifs is 1. The lowest BCUT2D eigenvalue weighted by Gasteiger charge is -2.22. The smallest absolute Gasteiger partial charge is 0.125 e. The summed E-state index contributed by atoms with van der Waals surface area (Å²) in [6.45, 7) is 0.603. The summed E-state index contributed by atoms with van der Waals surface area (Å²) in [5.74, 6) is 0.825. The molecule has 2 aromatic carbocycles. The van der Waals surface area contributed by atoms with Crippen LogP contribution in [0.1, 0.15) is 29.2 Å². The molecule has 0 saturated heterocycles. The van der Waals surface area contributed by atoms with Crippen molar-refractivity contribution in [2.24, 2.45) is 0 Å². The molecule has 0 bridgehead atoms. The highest BCUT2D eigenvalue weighted by Crippen LogP contribution is 2.32. The molecule has 1 N–H and O–H groups in total. The maximum absolute atomic E-state index is 9.97. The van der Waals surface area contributed by atoms with Crippen LogP contribution in [0.3, 0.4) is 0 Å². The molecule has 0 aromatic heterocycles. The third kappa shape index (κ3) is 2.24. The molecule has 0 fully saturated rings. The molecule has 92 valence electrons. The highest BCUT2D eigenvalue weighted by atomic mass is 16.5. The summed E-state index contributed by atoms with van der Waals surface area (Å²) in [4.78, 5) is 0. The lowest BCUT2D eigenvalue weighted by Crippen LogP contribution is -2.13. The third-order valence-electron chi connectivity index (χ3n) is 3.33. The zero-order chi connectivity index (χ0) is 12.4. The fourth-order valence-electron chi connectivity index (χ4n) is 2.37. The Bertz CT molecular complexity index is 534. The number of rotatable bonds is 2. The van der Waals surface area contributed by atoms with E-state index in [1.807, 2.05) is 24.3 Å². The summed E-state index contributed by atoms with van der Waals surface area (Å²) < 4.78 is 5.54. The lowest BCUT2D eigenvalue weighted by atomic mass is 9.97. The Kier molecular flexibility index (Phi) is 3.03. The Balaban J connectivity index is 1.88. The maximum atomic E-state index is 9.97. The van der Waals surface area contributed by atoms with E-state index < -0.39 is 0 Å². The molecule has 1 heterocycles. The normalized spacial score (nSPS) is 17.9. The summed E-state index contributed by atoms with van der Waals surface area (Å²) in [6.07, 6.45) is 1.19. The van der Waals surface area contributed by atoms with Crippen molar-refractivity contribution in [3.63, 3.8) is 0 Å². The third-order valence-corrected chi connectivity index (χ3v) is 3.33. The molecule has 1 unspecified atom stereocenters. The number of benzene rings is 2. The lowest BCUT2D eigenvalue weighted by molar-refractivity contribution is 0.115. The Morgan fingerprint density at radius 2 is 1.89 bits per heavy atom. The molecule has 3 rings (SSSR count). The second-order valence-electron chi connectivity index (χ2n) is 4.69. The van der Waals surface area contributed by atoms with Crippen molar-refractivity contribution in [2.45, 2.75) is 18.9 Å². The second-order valence-corrected chi connectivity index (χ2v) is 4.69. The SMILES string of the molecule is OC1CCOc2ccc(Cc3ccccc3)cc21. The molecule has 1 atom stereocenters. The maximum Gasteiger partial charge on any atom is 0.125 e. The zero-order valence-electron chi connectivity index (χ0n) is 10.2. The van der Waals surface area contributed by atoms with Crippen LogP contribution in [0.5, 0.6) is 5.75 Å². The van der Waals surface area contributed by atoms with Crippen LogP contribution in [0.4, 0.5) is 0 Å². The predicted octanol–water partition coefficient (Wildman–Crippen LogP) is 3.09. The van der Waals surface area contributed by atoms with E-state index in [0.717, 1.165) is 17.7 Å². The van der Waals surface area contributed by atoms with E-state index in [0.29, 0.717) is 13.0 Å². The molecule has 1 aliphatic heterocycles. The van der Waals surface area contributed by atoms with Crippen LogP contribution in [-0.2, 0) is 6.42 Å². The van der Waals surface area contributed by atoms with E-state index >= 15 is 0 Å². The van der Waals surface area contributed by atoms with Gasteiger partial charge in [-0.05, 0) is 29.7 Å². The molecular weight excluding hydrogens is 224 g/mol. The number of ether oxygens (including phenoxy) is 1. The fraction of sp³-hybridized carbons (Fsp3) is 0.250. The predicted molar refractivity (Wildman–Crippen MR) is 70.8 cm³/mol. The van der Waals surface area contributed by atoms with Crippen LogP contribution in [0.15, 0.2) is 48.5 Å². The Hall–Kier alpha value is -1.80. The van der Waals surface area contributed by atoms with Gasteiger partial charge in [-0.15, -0.1) is 0 Å². The molecule has 0 radical (unpaired) electrons. The molecule has 2 heteroatoms. The molecule has 0 saturated carbocycles. The van der Waals surface area contributed by atoms with Crippen molar-refractivity contribution in [1.82, 2.24) is 0 Å². The van der Waals surface area contributed by atoms with Crippen molar-refractivity contribution in [1.29, 1.82) is 0 Å². The number of aliphatic hydroxyl groups is 1. The average molecular weight is 240 g/mol. The van der Waals surface area contributed by atoms with Crippen molar-refractivity contribution >= 4 is 0 Å². The molecule has 0 aliphatic carbocycles. The Morgan fingerprint density at radius 3 is 2.72 bits per heavy atom. The van der Waals surface area contributed by atoms with Gasteiger partial charge in [-0.25, -0.2) is 0 Å². The van der Waals surface area contributed by atoms with Crippen LogP contribution in [-0.4, -0.2) is 11.7 Å². The van der Waals surface area contributed by atoms with E-state index in [1.54, 1.807) is 0 Å². The van der Waals surface area contributed by atoms with Gasteiger partial charge >= 0.3 is 0 Å². The van der Waals surface area contributed by atoms with Crippen molar-refractivity contribution < 1.29 is 9.84 Å². The van der Waals surface area contributed by atoms with E-state index in [4.69, 9.17) is 4.74 Å². The zero-order valence-corrected chi connectivity index (χ0v) is 10.2. The monoisotopic (exact) mass is 240 g/mol. The molecule has 2 nitrogen and oxygen atoms in total. The highest BCUT2D eigenvalue weighted by Gasteiger charge is 2.19. The van der Waals surface area contributed by atoms with Gasteiger partial charge in [0.1, 0.15) is 5.75 Å². The summed E-state index contributed by atoms with van der Waals surface area (Å²) in [5.41, 5.74) is 3.42. The van der Waals surface area contributed by atoms with Crippen LogP contribution in [0.25, 0.3) is 0 Å². The van der Waals surface area contributed by atoms with E-state index in [1.165, 1.54) is 11.1 Å². The van der Waals surface area contributed by atoms with Gasteiger partial charge in [0.15, 0.2) is 0 Å². The topological polar surface area (TPSA) is 29.5 Å². The van der Waals surface area contributed by atoms with Gasteiger partial charge in [0.05, 0.1) is 12.7 Å². The minimum Gasteiger partial charge on any atom is -0.493 e. The van der Waals surface area contributed by atoms with Gasteiger partial charge in [-0.3, -0.25) is 0 Å². The van der Waals surface area contributed by atoms with Gasteiger partial charge in [0, 0.05) is 12.0 Å². The van der Waals surface area contributed by atoms with E-state index in [9.17, 15) is 5.11 Å². The Morgan fingerprint density at radius 1 is 1.06 bits per heavy atom. The van der Waals surface area contributed by atoms with Gasteiger partial charge in [0.2, 0.25) is 0 Å². The molecule has 2 aromatic rings. The average Bonchev–Trinajstić information content (AvgIpc) is 2.41. The number of hydrogen-bond donors (Lipinski definition) is 1. The van der Waals surface area contributed by atoms with Crippen LogP contribution < -0.4 is 4.74 Å². The molecule has 0 spiro atoms. The molecule has 1 aliphatic rings. The first-order valence-electron chi connectivity index (χ1n) is 6.30. The van der Waals surface area contributed by atoms with E-state index in [-0.39, 0.29) is 6.10 Å². The quantitative estimate of drug-likeness (QED) is 0.874. The number of aliphatic hydroxyl groups excluding tert-OH is 1. The summed E-state index contributed by atoms with van der Waals surface area (Å²) >= 11 is 0. The summed E-state index contributed by atoms with van der Waals surface area (Å²) in [6, 6.07) is 16.5. The van der Waals surface area contributed by atoms with Gasteiger partial charge < -0.3 is 9.84 Å². The standard InChI is InChI=1S/C16H16O2/c17-15-8-9-18-16-7-6-13(11-14(15)16)10-12-4-2-1-3-5-12/h1-7,11,15,17H,8-10H2. The van der Waals surface area contributed by atoms with Gasteiger partial charge in [-0.1, -0.05) is 36.4 Å². The molecule has 0 amide bonds. The van der Waals surface area contributed by atoms with Crippen LogP contribution >= 0.6 is 0 Å². The fourth-order valence-corrected chi connectivity index (χ4v) is 2.37. The van der Waals surface area contributed by atoms with Crippen molar-refractivity contribution in [2.75, 3.05) is 6.61 Å². The van der Waals surface area contributed by atoms with Crippen molar-refractivity contribution in [3.8, 4) is 5.75 Å². The second kappa shape index (κ2) is 4.83. The molecular formula is C16H16O2. The largest absolute Gasteiger partial charge is 0.493 e. The first-order valence-corrected chi connectivity index (χ1v) is 6.30.